The predicted octanol–water partition coefficient (Wildman–Crippen LogP) is 4.86. The normalized spacial score (nSPS) is 12.6. The quantitative estimate of drug-likeness (QED) is 0.176. The summed E-state index contributed by atoms with van der Waals surface area (Å²) in [6.45, 7) is -0.920. The molecule has 202 valence electrons. The van der Waals surface area contributed by atoms with E-state index < -0.39 is 31.4 Å². The summed E-state index contributed by atoms with van der Waals surface area (Å²) >= 11 is 0. The molecule has 1 aliphatic heterocycles. The van der Waals surface area contributed by atoms with Crippen molar-refractivity contribution >= 4 is 22.6 Å². The van der Waals surface area contributed by atoms with E-state index in [0.29, 0.717) is 27.6 Å². The minimum absolute atomic E-state index is 0. The van der Waals surface area contributed by atoms with Gasteiger partial charge in [-0.3, -0.25) is 0 Å². The first kappa shape index (κ1) is 28.5. The molecule has 1 heterocycles. The van der Waals surface area contributed by atoms with Crippen LogP contribution in [0, 0.1) is 13.8 Å². The zero-order valence-corrected chi connectivity index (χ0v) is 20.0. The number of hydrogen-bond acceptors (Lipinski definition) is 4. The zero-order chi connectivity index (χ0) is 27.1. The summed E-state index contributed by atoms with van der Waals surface area (Å²) in [7, 11) is 0. The molecule has 0 aromatic heterocycles. The van der Waals surface area contributed by atoms with Crippen LogP contribution < -0.4 is 15.7 Å². The molecule has 4 N–H and O–H groups in total. The van der Waals surface area contributed by atoms with Gasteiger partial charge >= 0.3 is 18.1 Å². The molecule has 1 aliphatic carbocycles. The fourth-order valence-corrected chi connectivity index (χ4v) is 4.11. The van der Waals surface area contributed by atoms with E-state index in [-0.39, 0.29) is 39.0 Å². The highest BCUT2D eigenvalue weighted by Gasteiger charge is 2.35. The fourth-order valence-electron chi connectivity index (χ4n) is 4.11. The van der Waals surface area contributed by atoms with Gasteiger partial charge < -0.3 is 20.3 Å². The Balaban J connectivity index is 0.00000400. The van der Waals surface area contributed by atoms with Crippen molar-refractivity contribution in [3.8, 4) is 22.5 Å². The number of carbonyl (C=O) groups is 1. The van der Waals surface area contributed by atoms with Gasteiger partial charge in [-0.15, -0.1) is 8.78 Å². The number of anilines is 1. The Labute approximate surface area is 211 Å². The summed E-state index contributed by atoms with van der Waals surface area (Å²) in [5, 5.41) is 11.8. The largest absolute Gasteiger partial charge is 0.870 e. The molecule has 0 bridgehead atoms. The van der Waals surface area contributed by atoms with Gasteiger partial charge in [-0.25, -0.2) is 13.6 Å². The Morgan fingerprint density at radius 2 is 1.66 bits per heavy atom. The molecule has 0 unspecified atom stereocenters. The van der Waals surface area contributed by atoms with Crippen molar-refractivity contribution in [1.82, 2.24) is 0 Å². The van der Waals surface area contributed by atoms with Gasteiger partial charge in [0.1, 0.15) is 11.3 Å². The first-order valence-corrected chi connectivity index (χ1v) is 11.0. The van der Waals surface area contributed by atoms with Crippen LogP contribution >= 0.6 is 0 Å². The molecule has 0 saturated carbocycles. The van der Waals surface area contributed by atoms with Gasteiger partial charge in [0.15, 0.2) is 6.67 Å². The minimum Gasteiger partial charge on any atom is -0.870 e. The van der Waals surface area contributed by atoms with Crippen LogP contribution in [0.3, 0.4) is 0 Å². The van der Waals surface area contributed by atoms with Crippen LogP contribution in [0.5, 0.6) is 0 Å². The molecular weight excluding hydrogens is 518 g/mol. The number of alkyl halides is 6. The average Bonchev–Trinajstić information content (AvgIpc) is 2.84. The van der Waals surface area contributed by atoms with Crippen molar-refractivity contribution in [1.29, 1.82) is 0 Å². The molecule has 12 heteroatoms. The summed E-state index contributed by atoms with van der Waals surface area (Å²) < 4.78 is 86.5. The van der Waals surface area contributed by atoms with Gasteiger partial charge in [0, 0.05) is 33.8 Å². The van der Waals surface area contributed by atoms with E-state index in [1.807, 2.05) is 10.3 Å². The van der Waals surface area contributed by atoms with Crippen LogP contribution in [0.15, 0.2) is 52.9 Å². The minimum atomic E-state index is -3.86. The highest BCUT2D eigenvalue weighted by Crippen LogP contribution is 2.43. The van der Waals surface area contributed by atoms with Crippen molar-refractivity contribution in [2.24, 2.45) is 0 Å². The number of aromatic carboxylic acids is 1. The number of benzene rings is 3. The molecule has 0 fully saturated rings. The van der Waals surface area contributed by atoms with Crippen molar-refractivity contribution in [2.75, 3.05) is 18.7 Å². The van der Waals surface area contributed by atoms with E-state index in [4.69, 9.17) is 4.42 Å². The van der Waals surface area contributed by atoms with Crippen molar-refractivity contribution in [3.63, 3.8) is 0 Å². The molecule has 0 saturated heterocycles. The molecule has 0 atom stereocenters. The number of hydrogen-bond donors (Lipinski definition) is 3. The second-order valence-electron chi connectivity index (χ2n) is 8.58. The van der Waals surface area contributed by atoms with E-state index in [9.17, 15) is 36.2 Å². The molecule has 6 nitrogen and oxygen atoms in total. The lowest BCUT2D eigenvalue weighted by atomic mass is 9.89. The SMILES string of the molecule is Cc1cc2c(-c3ccccc3C(=O)O)c3cc(C)c(=[NH+]C(F)(F)CF)cc-3oc2cc1NC(F)(F)CF.[OH-]. The monoisotopic (exact) mass is 540 g/mol. The van der Waals surface area contributed by atoms with E-state index in [2.05, 4.69) is 0 Å². The van der Waals surface area contributed by atoms with E-state index in [1.54, 1.807) is 12.1 Å². The lowest BCUT2D eigenvalue weighted by Crippen LogP contribution is -2.88. The van der Waals surface area contributed by atoms with Crippen LogP contribution in [-0.4, -0.2) is 42.0 Å². The number of carboxylic acid groups (broad SMARTS) is 1. The highest BCUT2D eigenvalue weighted by molar-refractivity contribution is 6.08. The topological polar surface area (TPSA) is 106 Å². The zero-order valence-electron chi connectivity index (χ0n) is 20.0. The van der Waals surface area contributed by atoms with Gasteiger partial charge in [0.2, 0.25) is 12.0 Å². The van der Waals surface area contributed by atoms with Gasteiger partial charge in [0.05, 0.1) is 11.6 Å². The Morgan fingerprint density at radius 1 is 0.974 bits per heavy atom. The van der Waals surface area contributed by atoms with E-state index in [1.165, 1.54) is 50.2 Å². The third-order valence-corrected chi connectivity index (χ3v) is 5.81. The summed E-state index contributed by atoms with van der Waals surface area (Å²) in [5.74, 6) is -1.23. The van der Waals surface area contributed by atoms with Crippen molar-refractivity contribution < 1.29 is 51.1 Å². The summed E-state index contributed by atoms with van der Waals surface area (Å²) in [4.78, 5) is 13.8. The standard InChI is InChI=1S/C26H20F6N2O3.H2O/c1-13-7-17-21(9-19(13)33-25(29,30)11-27)37-22-10-20(34-26(31,32)12-28)14(2)8-18(22)23(17)15-5-3-4-6-16(15)24(35)36;/h3-10,33H,11-12H2,1-2H3,(H,35,36);1H2. The fraction of sp³-hybridized carbons (Fsp3) is 0.231. The number of halogens is 6. The summed E-state index contributed by atoms with van der Waals surface area (Å²) in [5.41, 5.74) is 1.34. The lowest BCUT2D eigenvalue weighted by molar-refractivity contribution is -0.665. The molecule has 2 aromatic carbocycles. The molecule has 0 radical (unpaired) electrons. The summed E-state index contributed by atoms with van der Waals surface area (Å²) in [6, 6.07) is 3.73. The smallest absolute Gasteiger partial charge is 0.484 e. The van der Waals surface area contributed by atoms with Crippen molar-refractivity contribution in [3.05, 3.63) is 70.6 Å². The second kappa shape index (κ2) is 10.4. The van der Waals surface area contributed by atoms with Crippen LogP contribution in [0.2, 0.25) is 0 Å². The Kier molecular flexibility index (Phi) is 7.78. The molecule has 0 amide bonds. The van der Waals surface area contributed by atoms with Gasteiger partial charge in [-0.2, -0.15) is 13.8 Å². The van der Waals surface area contributed by atoms with Crippen LogP contribution in [-0.2, 0) is 0 Å². The number of aryl methyl sites for hydroxylation is 2. The molecule has 2 aliphatic rings. The van der Waals surface area contributed by atoms with Crippen LogP contribution in [0.4, 0.5) is 32.0 Å². The second-order valence-corrected chi connectivity index (χ2v) is 8.58. The van der Waals surface area contributed by atoms with Gasteiger partial charge in [-0.05, 0) is 43.2 Å². The van der Waals surface area contributed by atoms with Gasteiger partial charge in [0.25, 0.3) is 0 Å². The number of fused-ring (bicyclic) bond motifs is 2. The van der Waals surface area contributed by atoms with Crippen LogP contribution in [0.25, 0.3) is 33.4 Å². The number of rotatable bonds is 7. The van der Waals surface area contributed by atoms with Crippen LogP contribution in [0.1, 0.15) is 21.5 Å². The number of carboxylic acids is 1. The lowest BCUT2D eigenvalue weighted by Gasteiger charge is -2.21. The predicted molar refractivity (Wildman–Crippen MR) is 126 cm³/mol. The molecule has 2 aromatic rings. The Hall–Kier alpha value is -4.06. The van der Waals surface area contributed by atoms with Gasteiger partial charge in [-0.1, -0.05) is 18.2 Å². The highest BCUT2D eigenvalue weighted by atomic mass is 19.3. The third-order valence-electron chi connectivity index (χ3n) is 5.81. The number of nitrogens with one attached hydrogen (secondary N) is 2. The third kappa shape index (κ3) is 5.44. The molecule has 38 heavy (non-hydrogen) atoms. The molecule has 4 rings (SSSR count). The van der Waals surface area contributed by atoms with E-state index >= 15 is 0 Å². The maximum Gasteiger partial charge on any atom is 0.484 e. The summed E-state index contributed by atoms with van der Waals surface area (Å²) in [6.07, 6.45) is 0. The Bertz CT molecular complexity index is 1550. The first-order chi connectivity index (χ1) is 17.4. The average molecular weight is 540 g/mol. The molecular formula is C26H22F6N2O4. The maximum absolute atomic E-state index is 13.8. The van der Waals surface area contributed by atoms with E-state index in [0.717, 1.165) is 0 Å². The van der Waals surface area contributed by atoms with Crippen molar-refractivity contribution in [2.45, 2.75) is 25.9 Å². The Morgan fingerprint density at radius 3 is 2.29 bits per heavy atom. The maximum atomic E-state index is 13.8. The molecule has 0 spiro atoms. The first-order valence-electron chi connectivity index (χ1n) is 11.0.